The van der Waals surface area contributed by atoms with Gasteiger partial charge >= 0.3 is 5.97 Å². The van der Waals surface area contributed by atoms with Crippen molar-refractivity contribution in [2.45, 2.75) is 6.42 Å². The molecule has 2 aromatic rings. The average molecular weight is 312 g/mol. The van der Waals surface area contributed by atoms with E-state index in [0.29, 0.717) is 5.75 Å². The van der Waals surface area contributed by atoms with Gasteiger partial charge in [-0.2, -0.15) is 5.26 Å². The Morgan fingerprint density at radius 1 is 1.22 bits per heavy atom. The van der Waals surface area contributed by atoms with E-state index in [9.17, 15) is 9.59 Å². The molecule has 2 rings (SSSR count). The average Bonchev–Trinajstić information content (AvgIpc) is 2.58. The molecule has 0 aliphatic heterocycles. The number of hydrogen-bond acceptors (Lipinski definition) is 5. The highest BCUT2D eigenvalue weighted by molar-refractivity contribution is 5.99. The molecular weight excluding hydrogens is 296 g/mol. The predicted molar refractivity (Wildman–Crippen MR) is 84.0 cm³/mol. The van der Waals surface area contributed by atoms with E-state index in [2.05, 4.69) is 5.32 Å². The van der Waals surface area contributed by atoms with Crippen LogP contribution in [0.15, 0.2) is 36.4 Å². The second kappa shape index (κ2) is 7.80. The topological polar surface area (TPSA) is 88.4 Å². The maximum absolute atomic E-state index is 12.2. The van der Waals surface area contributed by atoms with E-state index in [1.54, 1.807) is 12.1 Å². The Morgan fingerprint density at radius 3 is 2.57 bits per heavy atom. The summed E-state index contributed by atoms with van der Waals surface area (Å²) in [6.07, 6.45) is 0.207. The fraction of sp³-hybridized carbons (Fsp3) is 0.235. The SMILES string of the molecule is COc1cc2ccccc2cc1C(=O)OCC(=O)NCCC#N. The van der Waals surface area contributed by atoms with E-state index >= 15 is 0 Å². The van der Waals surface area contributed by atoms with Crippen LogP contribution in [-0.4, -0.2) is 32.1 Å². The van der Waals surface area contributed by atoms with Crippen molar-refractivity contribution in [1.29, 1.82) is 5.26 Å². The molecule has 6 heteroatoms. The molecule has 0 aliphatic rings. The number of hydrogen-bond donors (Lipinski definition) is 1. The molecule has 0 fully saturated rings. The van der Waals surface area contributed by atoms with Crippen LogP contribution in [0.1, 0.15) is 16.8 Å². The van der Waals surface area contributed by atoms with Crippen molar-refractivity contribution in [3.63, 3.8) is 0 Å². The van der Waals surface area contributed by atoms with Crippen molar-refractivity contribution in [3.05, 3.63) is 42.0 Å². The minimum atomic E-state index is -0.636. The summed E-state index contributed by atoms with van der Waals surface area (Å²) in [5.74, 6) is -0.699. The molecule has 1 amide bonds. The van der Waals surface area contributed by atoms with Gasteiger partial charge in [0.1, 0.15) is 11.3 Å². The fourth-order valence-electron chi connectivity index (χ4n) is 2.07. The fourth-order valence-corrected chi connectivity index (χ4v) is 2.07. The first-order valence-corrected chi connectivity index (χ1v) is 7.03. The lowest BCUT2D eigenvalue weighted by atomic mass is 10.1. The van der Waals surface area contributed by atoms with Gasteiger partial charge in [0.05, 0.1) is 19.6 Å². The van der Waals surface area contributed by atoms with Gasteiger partial charge in [-0.3, -0.25) is 4.79 Å². The normalized spacial score (nSPS) is 9.91. The maximum atomic E-state index is 12.2. The van der Waals surface area contributed by atoms with Crippen LogP contribution in [-0.2, 0) is 9.53 Å². The van der Waals surface area contributed by atoms with Gasteiger partial charge in [-0.25, -0.2) is 4.79 Å². The van der Waals surface area contributed by atoms with Gasteiger partial charge in [-0.05, 0) is 22.9 Å². The third-order valence-electron chi connectivity index (χ3n) is 3.18. The number of ether oxygens (including phenoxy) is 2. The third kappa shape index (κ3) is 4.20. The van der Waals surface area contributed by atoms with Gasteiger partial charge in [-0.15, -0.1) is 0 Å². The van der Waals surface area contributed by atoms with Gasteiger partial charge in [-0.1, -0.05) is 24.3 Å². The number of esters is 1. The zero-order valence-corrected chi connectivity index (χ0v) is 12.7. The summed E-state index contributed by atoms with van der Waals surface area (Å²) in [5, 5.41) is 12.7. The molecule has 118 valence electrons. The lowest BCUT2D eigenvalue weighted by Crippen LogP contribution is -2.29. The number of benzene rings is 2. The second-order valence-electron chi connectivity index (χ2n) is 4.73. The van der Waals surface area contributed by atoms with Crippen molar-refractivity contribution < 1.29 is 19.1 Å². The van der Waals surface area contributed by atoms with E-state index in [1.165, 1.54) is 7.11 Å². The molecule has 2 aromatic carbocycles. The van der Waals surface area contributed by atoms with Crippen LogP contribution in [0.2, 0.25) is 0 Å². The summed E-state index contributed by atoms with van der Waals surface area (Å²) in [4.78, 5) is 23.7. The van der Waals surface area contributed by atoms with Gasteiger partial charge < -0.3 is 14.8 Å². The highest BCUT2D eigenvalue weighted by Crippen LogP contribution is 2.26. The molecule has 0 saturated carbocycles. The molecule has 0 heterocycles. The maximum Gasteiger partial charge on any atom is 0.342 e. The Hall–Kier alpha value is -3.07. The van der Waals surface area contributed by atoms with Crippen LogP contribution >= 0.6 is 0 Å². The number of nitrogens with zero attached hydrogens (tertiary/aromatic N) is 1. The summed E-state index contributed by atoms with van der Waals surface area (Å²) >= 11 is 0. The van der Waals surface area contributed by atoms with Crippen LogP contribution < -0.4 is 10.1 Å². The highest BCUT2D eigenvalue weighted by atomic mass is 16.5. The lowest BCUT2D eigenvalue weighted by molar-refractivity contribution is -0.124. The van der Waals surface area contributed by atoms with Crippen molar-refractivity contribution in [2.75, 3.05) is 20.3 Å². The van der Waals surface area contributed by atoms with Crippen LogP contribution in [0.25, 0.3) is 10.8 Å². The van der Waals surface area contributed by atoms with E-state index < -0.39 is 18.5 Å². The summed E-state index contributed by atoms with van der Waals surface area (Å²) in [6.45, 7) is -0.174. The molecule has 0 aliphatic carbocycles. The number of methoxy groups -OCH3 is 1. The van der Waals surface area contributed by atoms with Crippen LogP contribution in [0.4, 0.5) is 0 Å². The van der Waals surface area contributed by atoms with Crippen LogP contribution in [0.3, 0.4) is 0 Å². The molecule has 0 saturated heterocycles. The van der Waals surface area contributed by atoms with Gasteiger partial charge in [0.2, 0.25) is 0 Å². The molecule has 0 unspecified atom stereocenters. The number of fused-ring (bicyclic) bond motifs is 1. The molecule has 0 bridgehead atoms. The summed E-state index contributed by atoms with van der Waals surface area (Å²) < 4.78 is 10.2. The van der Waals surface area contributed by atoms with Crippen molar-refractivity contribution in [1.82, 2.24) is 5.32 Å². The number of carbonyl (C=O) groups is 2. The molecular formula is C17H16N2O4. The largest absolute Gasteiger partial charge is 0.496 e. The lowest BCUT2D eigenvalue weighted by Gasteiger charge is -2.10. The third-order valence-corrected chi connectivity index (χ3v) is 3.18. The Bertz CT molecular complexity index is 765. The minimum absolute atomic E-state index is 0.207. The Morgan fingerprint density at radius 2 is 1.91 bits per heavy atom. The number of rotatable bonds is 6. The molecule has 6 nitrogen and oxygen atoms in total. The number of carbonyl (C=O) groups excluding carboxylic acids is 2. The molecule has 0 aromatic heterocycles. The Kier molecular flexibility index (Phi) is 5.53. The van der Waals surface area contributed by atoms with Crippen LogP contribution in [0.5, 0.6) is 5.75 Å². The van der Waals surface area contributed by atoms with E-state index in [0.717, 1.165) is 10.8 Å². The molecule has 0 radical (unpaired) electrons. The van der Waals surface area contributed by atoms with Gasteiger partial charge in [0.25, 0.3) is 5.91 Å². The Balaban J connectivity index is 2.08. The van der Waals surface area contributed by atoms with Crippen molar-refractivity contribution in [3.8, 4) is 11.8 Å². The molecule has 0 atom stereocenters. The minimum Gasteiger partial charge on any atom is -0.496 e. The van der Waals surface area contributed by atoms with Crippen molar-refractivity contribution >= 4 is 22.6 Å². The smallest absolute Gasteiger partial charge is 0.342 e. The summed E-state index contributed by atoms with van der Waals surface area (Å²) in [5.41, 5.74) is 0.260. The second-order valence-corrected chi connectivity index (χ2v) is 4.73. The Labute approximate surface area is 133 Å². The number of nitrogens with one attached hydrogen (secondary N) is 1. The van der Waals surface area contributed by atoms with Crippen LogP contribution in [0, 0.1) is 11.3 Å². The number of nitriles is 1. The summed E-state index contributed by atoms with van der Waals surface area (Å²) in [6, 6.07) is 12.9. The first-order valence-electron chi connectivity index (χ1n) is 7.03. The molecule has 0 spiro atoms. The first-order chi connectivity index (χ1) is 11.2. The quantitative estimate of drug-likeness (QED) is 0.651. The standard InChI is InChI=1S/C17H16N2O4/c1-22-15-10-13-6-3-2-5-12(13)9-14(15)17(21)23-11-16(20)19-8-4-7-18/h2-3,5-6,9-10H,4,8,11H2,1H3,(H,19,20). The van der Waals surface area contributed by atoms with Gasteiger partial charge in [0.15, 0.2) is 6.61 Å². The predicted octanol–water partition coefficient (Wildman–Crippen LogP) is 2.04. The number of amides is 1. The van der Waals surface area contributed by atoms with E-state index in [4.69, 9.17) is 14.7 Å². The van der Waals surface area contributed by atoms with E-state index in [1.807, 2.05) is 30.3 Å². The monoisotopic (exact) mass is 312 g/mol. The highest BCUT2D eigenvalue weighted by Gasteiger charge is 2.16. The zero-order valence-electron chi connectivity index (χ0n) is 12.7. The molecule has 1 N–H and O–H groups in total. The summed E-state index contributed by atoms with van der Waals surface area (Å²) in [7, 11) is 1.47. The first kappa shape index (κ1) is 16.3. The van der Waals surface area contributed by atoms with Crippen molar-refractivity contribution in [2.24, 2.45) is 0 Å². The van der Waals surface area contributed by atoms with Gasteiger partial charge in [0, 0.05) is 6.54 Å². The zero-order chi connectivity index (χ0) is 16.7. The van der Waals surface area contributed by atoms with E-state index in [-0.39, 0.29) is 18.5 Å². The molecule has 23 heavy (non-hydrogen) atoms.